The lowest BCUT2D eigenvalue weighted by atomic mass is 9.93. The molecular weight excluding hydrogens is 604 g/mol. The number of hydrogen-bond acceptors (Lipinski definition) is 12. The largest absolute Gasteiger partial charge is 0.474 e. The third kappa shape index (κ3) is 8.11. The van der Waals surface area contributed by atoms with Gasteiger partial charge in [-0.05, 0) is 64.5 Å². The number of carbonyl (C=O) groups excluding carboxylic acids is 1. The highest BCUT2D eigenvalue weighted by atomic mass is 32.2. The second-order valence-electron chi connectivity index (χ2n) is 12.9. The van der Waals surface area contributed by atoms with Crippen LogP contribution in [0.5, 0.6) is 5.88 Å². The zero-order chi connectivity index (χ0) is 32.1. The Hall–Kier alpha value is -3.84. The van der Waals surface area contributed by atoms with Gasteiger partial charge in [-0.1, -0.05) is 18.0 Å². The first-order chi connectivity index (χ1) is 22.2. The summed E-state index contributed by atoms with van der Waals surface area (Å²) in [7, 11) is 0. The van der Waals surface area contributed by atoms with E-state index in [1.165, 1.54) is 11.9 Å². The molecule has 6 rings (SSSR count). The Morgan fingerprint density at radius 1 is 1.02 bits per heavy atom. The molecule has 0 unspecified atom stereocenters. The number of carbonyl (C=O) groups is 1. The van der Waals surface area contributed by atoms with E-state index < -0.39 is 5.60 Å². The van der Waals surface area contributed by atoms with Crippen molar-refractivity contribution in [2.45, 2.75) is 70.6 Å². The van der Waals surface area contributed by atoms with Gasteiger partial charge >= 0.3 is 6.09 Å². The molecular formula is C33H44N8O4S. The van der Waals surface area contributed by atoms with Gasteiger partial charge in [0.15, 0.2) is 0 Å². The average molecular weight is 649 g/mol. The van der Waals surface area contributed by atoms with Crippen molar-refractivity contribution in [3.05, 3.63) is 42.4 Å². The molecule has 0 atom stereocenters. The lowest BCUT2D eigenvalue weighted by Gasteiger charge is -2.31. The molecule has 12 nitrogen and oxygen atoms in total. The van der Waals surface area contributed by atoms with E-state index in [1.54, 1.807) is 4.90 Å². The minimum absolute atomic E-state index is 0.0626. The van der Waals surface area contributed by atoms with Crippen LogP contribution < -0.4 is 19.7 Å². The zero-order valence-electron chi connectivity index (χ0n) is 27.1. The Morgan fingerprint density at radius 2 is 1.78 bits per heavy atom. The molecule has 246 valence electrons. The fourth-order valence-electron chi connectivity index (χ4n) is 5.96. The average Bonchev–Trinajstić information content (AvgIpc) is 3.06. The molecule has 2 N–H and O–H groups in total. The van der Waals surface area contributed by atoms with Crippen LogP contribution in [0.25, 0.3) is 16.5 Å². The number of nitrogens with one attached hydrogen (secondary N) is 2. The molecule has 0 radical (unpaired) electrons. The van der Waals surface area contributed by atoms with Crippen molar-refractivity contribution in [1.82, 2.24) is 24.8 Å². The van der Waals surface area contributed by atoms with Gasteiger partial charge < -0.3 is 34.0 Å². The molecule has 1 saturated carbocycles. The predicted molar refractivity (Wildman–Crippen MR) is 182 cm³/mol. The summed E-state index contributed by atoms with van der Waals surface area (Å²) in [6.45, 7) is 9.75. The Morgan fingerprint density at radius 3 is 2.46 bits per heavy atom. The van der Waals surface area contributed by atoms with Crippen LogP contribution in [-0.4, -0.2) is 94.3 Å². The molecule has 13 heteroatoms. The van der Waals surface area contributed by atoms with Crippen LogP contribution in [-0.2, 0) is 9.47 Å². The minimum Gasteiger partial charge on any atom is -0.474 e. The molecule has 46 heavy (non-hydrogen) atoms. The number of anilines is 3. The number of nitrogens with zero attached hydrogens (tertiary/aromatic N) is 6. The number of ether oxygens (including phenoxy) is 3. The van der Waals surface area contributed by atoms with Crippen molar-refractivity contribution >= 4 is 52.0 Å². The quantitative estimate of drug-likeness (QED) is 0.288. The molecule has 1 saturated heterocycles. The van der Waals surface area contributed by atoms with Gasteiger partial charge in [0.1, 0.15) is 17.5 Å². The Balaban J connectivity index is 1.05. The number of morpholine rings is 1. The summed E-state index contributed by atoms with van der Waals surface area (Å²) in [5.41, 5.74) is 3.43. The van der Waals surface area contributed by atoms with Gasteiger partial charge in [-0.15, -0.1) is 0 Å². The fourth-order valence-corrected chi connectivity index (χ4v) is 6.30. The van der Waals surface area contributed by atoms with Gasteiger partial charge in [0.25, 0.3) is 0 Å². The van der Waals surface area contributed by atoms with Gasteiger partial charge in [-0.25, -0.2) is 14.8 Å². The summed E-state index contributed by atoms with van der Waals surface area (Å²) in [6.07, 6.45) is 13.8. The highest BCUT2D eigenvalue weighted by molar-refractivity contribution is 7.99. The second-order valence-corrected chi connectivity index (χ2v) is 13.5. The lowest BCUT2D eigenvalue weighted by molar-refractivity contribution is 0.0270. The van der Waals surface area contributed by atoms with Crippen LogP contribution in [0, 0.1) is 0 Å². The van der Waals surface area contributed by atoms with Gasteiger partial charge in [0.2, 0.25) is 11.8 Å². The first-order valence-corrected chi connectivity index (χ1v) is 17.3. The van der Waals surface area contributed by atoms with E-state index in [0.717, 1.165) is 78.7 Å². The number of fused-ring (bicyclic) bond motifs is 1. The van der Waals surface area contributed by atoms with Gasteiger partial charge in [-0.3, -0.25) is 4.98 Å². The summed E-state index contributed by atoms with van der Waals surface area (Å²) in [5, 5.41) is 4.43. The standard InChI is InChI=1S/C33H44N8O4S/c1-33(2,3)45-32(42)41-11-9-22(10-12-41)23-19-35-31(36-20-23)37-24-5-7-26(8-6-24)44-30-27-17-25(39-46-4)21-34-28(27)18-29(38-30)40-13-15-43-16-14-40/h9,17-21,24,26,39H,5-8,10-16H2,1-4H3,(H,35,36,37). The summed E-state index contributed by atoms with van der Waals surface area (Å²) < 4.78 is 20.9. The van der Waals surface area contributed by atoms with Crippen LogP contribution >= 0.6 is 11.9 Å². The number of hydrogen-bond donors (Lipinski definition) is 2. The van der Waals surface area contributed by atoms with E-state index in [0.29, 0.717) is 38.1 Å². The highest BCUT2D eigenvalue weighted by Crippen LogP contribution is 2.33. The van der Waals surface area contributed by atoms with Crippen LogP contribution in [0.1, 0.15) is 58.4 Å². The van der Waals surface area contributed by atoms with Crippen LogP contribution in [0.2, 0.25) is 0 Å². The van der Waals surface area contributed by atoms with E-state index >= 15 is 0 Å². The van der Waals surface area contributed by atoms with Crippen molar-refractivity contribution in [1.29, 1.82) is 0 Å². The van der Waals surface area contributed by atoms with Crippen LogP contribution in [0.15, 0.2) is 36.8 Å². The second kappa shape index (κ2) is 14.3. The molecule has 2 aliphatic heterocycles. The molecule has 5 heterocycles. The molecule has 3 aliphatic rings. The van der Waals surface area contributed by atoms with Crippen LogP contribution in [0.3, 0.4) is 0 Å². The molecule has 2 fully saturated rings. The fraction of sp³-hybridized carbons (Fsp3) is 0.545. The van der Waals surface area contributed by atoms with E-state index in [1.807, 2.05) is 51.7 Å². The monoisotopic (exact) mass is 648 g/mol. The van der Waals surface area contributed by atoms with Crippen molar-refractivity contribution in [2.75, 3.05) is 60.6 Å². The van der Waals surface area contributed by atoms with E-state index in [9.17, 15) is 4.79 Å². The Bertz CT molecular complexity index is 1530. The first kappa shape index (κ1) is 32.1. The number of pyridine rings is 2. The Kier molecular flexibility index (Phi) is 9.98. The van der Waals surface area contributed by atoms with Gasteiger partial charge in [-0.2, -0.15) is 4.98 Å². The maximum absolute atomic E-state index is 12.4. The third-order valence-corrected chi connectivity index (χ3v) is 8.79. The summed E-state index contributed by atoms with van der Waals surface area (Å²) >= 11 is 1.53. The van der Waals surface area contributed by atoms with E-state index in [-0.39, 0.29) is 18.2 Å². The molecule has 3 aromatic rings. The van der Waals surface area contributed by atoms with Crippen molar-refractivity contribution in [3.63, 3.8) is 0 Å². The minimum atomic E-state index is -0.501. The molecule has 0 spiro atoms. The Labute approximate surface area is 274 Å². The number of rotatable bonds is 8. The zero-order valence-corrected chi connectivity index (χ0v) is 27.9. The summed E-state index contributed by atoms with van der Waals surface area (Å²) in [4.78, 5) is 35.3. The molecule has 0 bridgehead atoms. The number of amides is 1. The van der Waals surface area contributed by atoms with Crippen molar-refractivity contribution < 1.29 is 19.0 Å². The summed E-state index contributed by atoms with van der Waals surface area (Å²) in [6, 6.07) is 4.38. The molecule has 1 amide bonds. The smallest absolute Gasteiger partial charge is 0.410 e. The highest BCUT2D eigenvalue weighted by Gasteiger charge is 2.26. The lowest BCUT2D eigenvalue weighted by Crippen LogP contribution is -2.39. The SMILES string of the molecule is CSNc1cnc2cc(N3CCOCC3)nc(OC3CCC(Nc4ncc(C5=CCN(C(=O)OC(C)(C)C)CC5)cn4)CC3)c2c1. The van der Waals surface area contributed by atoms with Gasteiger partial charge in [0.05, 0.1) is 36.0 Å². The summed E-state index contributed by atoms with van der Waals surface area (Å²) in [5.74, 6) is 2.15. The molecule has 3 aromatic heterocycles. The van der Waals surface area contributed by atoms with Crippen LogP contribution in [0.4, 0.5) is 22.2 Å². The maximum atomic E-state index is 12.4. The topological polar surface area (TPSA) is 127 Å². The molecule has 0 aromatic carbocycles. The maximum Gasteiger partial charge on any atom is 0.410 e. The van der Waals surface area contributed by atoms with Crippen molar-refractivity contribution in [3.8, 4) is 5.88 Å². The van der Waals surface area contributed by atoms with E-state index in [2.05, 4.69) is 37.0 Å². The normalized spacial score (nSPS) is 20.7. The first-order valence-electron chi connectivity index (χ1n) is 16.1. The number of aromatic nitrogens is 4. The third-order valence-electron chi connectivity index (χ3n) is 8.36. The van der Waals surface area contributed by atoms with E-state index in [4.69, 9.17) is 24.2 Å². The van der Waals surface area contributed by atoms with Crippen molar-refractivity contribution in [2.24, 2.45) is 0 Å². The van der Waals surface area contributed by atoms with Gasteiger partial charge in [0, 0.05) is 62.5 Å². The predicted octanol–water partition coefficient (Wildman–Crippen LogP) is 5.77. The molecule has 1 aliphatic carbocycles.